The van der Waals surface area contributed by atoms with Crippen molar-refractivity contribution >= 4 is 30.3 Å². The van der Waals surface area contributed by atoms with Gasteiger partial charge in [-0.15, -0.1) is 0 Å². The van der Waals surface area contributed by atoms with Gasteiger partial charge in [-0.3, -0.25) is 19.7 Å². The number of benzene rings is 1. The quantitative estimate of drug-likeness (QED) is 0.605. The molecule has 1 aromatic rings. The molecule has 3 aliphatic heterocycles. The van der Waals surface area contributed by atoms with Gasteiger partial charge in [-0.05, 0) is 23.5 Å². The van der Waals surface area contributed by atoms with Gasteiger partial charge in [0.15, 0.2) is 0 Å². The van der Waals surface area contributed by atoms with E-state index in [-0.39, 0.29) is 23.7 Å². The highest BCUT2D eigenvalue weighted by molar-refractivity contribution is 6.61. The zero-order valence-corrected chi connectivity index (χ0v) is 14.9. The lowest BCUT2D eigenvalue weighted by Crippen LogP contribution is -2.52. The molecule has 3 aliphatic rings. The van der Waals surface area contributed by atoms with Gasteiger partial charge < -0.3 is 14.2 Å². The number of hydrogen-bond donors (Lipinski definition) is 1. The van der Waals surface area contributed by atoms with Gasteiger partial charge in [0, 0.05) is 37.2 Å². The molecule has 26 heavy (non-hydrogen) atoms. The first-order chi connectivity index (χ1) is 12.3. The normalized spacial score (nSPS) is 25.3. The molecule has 0 radical (unpaired) electrons. The molecule has 0 aromatic heterocycles. The van der Waals surface area contributed by atoms with E-state index in [4.69, 9.17) is 9.31 Å². The Kier molecular flexibility index (Phi) is 4.12. The molecule has 1 N–H and O–H groups in total. The average molecular weight is 356 g/mol. The minimum absolute atomic E-state index is 0.00816. The Balaban J connectivity index is 1.52. The molecule has 3 amide bonds. The van der Waals surface area contributed by atoms with Gasteiger partial charge in [0.2, 0.25) is 11.8 Å². The van der Waals surface area contributed by atoms with Crippen molar-refractivity contribution in [1.82, 2.24) is 10.2 Å². The van der Waals surface area contributed by atoms with Gasteiger partial charge >= 0.3 is 7.12 Å². The number of piperidine rings is 1. The van der Waals surface area contributed by atoms with Crippen molar-refractivity contribution in [1.29, 1.82) is 0 Å². The van der Waals surface area contributed by atoms with Crippen LogP contribution in [0.3, 0.4) is 0 Å². The number of imide groups is 1. The first-order valence-corrected chi connectivity index (χ1v) is 8.85. The van der Waals surface area contributed by atoms with Crippen molar-refractivity contribution in [2.45, 2.75) is 39.3 Å². The minimum Gasteiger partial charge on any atom is -0.407 e. The van der Waals surface area contributed by atoms with E-state index in [0.717, 1.165) is 11.0 Å². The molecule has 1 atom stereocenters. The summed E-state index contributed by atoms with van der Waals surface area (Å²) in [6.45, 7) is 5.74. The maximum Gasteiger partial charge on any atom is 0.493 e. The van der Waals surface area contributed by atoms with Crippen LogP contribution in [-0.2, 0) is 25.4 Å². The van der Waals surface area contributed by atoms with E-state index in [1.165, 1.54) is 0 Å². The molecule has 3 heterocycles. The van der Waals surface area contributed by atoms with Crippen LogP contribution in [0.2, 0.25) is 0 Å². The fraction of sp³-hybridized carbons (Fsp3) is 0.500. The molecule has 2 fully saturated rings. The van der Waals surface area contributed by atoms with Crippen LogP contribution in [0.4, 0.5) is 0 Å². The number of carbonyl (C=O) groups excluding carboxylic acids is 3. The average Bonchev–Trinajstić information content (AvgIpc) is 2.91. The lowest BCUT2D eigenvalue weighted by Gasteiger charge is -2.33. The Bertz CT molecular complexity index is 784. The van der Waals surface area contributed by atoms with E-state index in [9.17, 15) is 14.4 Å². The summed E-state index contributed by atoms with van der Waals surface area (Å²) < 4.78 is 11.6. The Morgan fingerprint density at radius 1 is 1.19 bits per heavy atom. The summed E-state index contributed by atoms with van der Waals surface area (Å²) in [5, 5.41) is 2.31. The molecule has 136 valence electrons. The fourth-order valence-electron chi connectivity index (χ4n) is 3.63. The smallest absolute Gasteiger partial charge is 0.407 e. The largest absolute Gasteiger partial charge is 0.493 e. The maximum atomic E-state index is 12.7. The molecule has 0 bridgehead atoms. The summed E-state index contributed by atoms with van der Waals surface area (Å²) >= 11 is 0. The summed E-state index contributed by atoms with van der Waals surface area (Å²) in [5.74, 6) is -0.858. The van der Waals surface area contributed by atoms with Crippen molar-refractivity contribution in [2.24, 2.45) is 5.41 Å². The molecule has 2 saturated heterocycles. The third-order valence-electron chi connectivity index (χ3n) is 5.07. The van der Waals surface area contributed by atoms with Gasteiger partial charge in [0.05, 0.1) is 0 Å². The van der Waals surface area contributed by atoms with E-state index in [1.54, 1.807) is 11.0 Å². The molecule has 4 rings (SSSR count). The van der Waals surface area contributed by atoms with Crippen molar-refractivity contribution in [2.75, 3.05) is 13.2 Å². The number of rotatable bonds is 2. The number of carbonyl (C=O) groups is 3. The first-order valence-electron chi connectivity index (χ1n) is 8.85. The number of nitrogens with zero attached hydrogens (tertiary/aromatic N) is 1. The second-order valence-electron chi connectivity index (χ2n) is 7.93. The van der Waals surface area contributed by atoms with Gasteiger partial charge in [0.25, 0.3) is 5.91 Å². The number of amides is 3. The zero-order valence-electron chi connectivity index (χ0n) is 14.9. The van der Waals surface area contributed by atoms with E-state index in [2.05, 4.69) is 19.2 Å². The summed E-state index contributed by atoms with van der Waals surface area (Å²) in [4.78, 5) is 37.7. The van der Waals surface area contributed by atoms with Crippen LogP contribution in [-0.4, -0.2) is 49.0 Å². The molecule has 0 aliphatic carbocycles. The van der Waals surface area contributed by atoms with E-state index >= 15 is 0 Å². The summed E-state index contributed by atoms with van der Waals surface area (Å²) in [7, 11) is -0.437. The van der Waals surface area contributed by atoms with Crippen LogP contribution >= 0.6 is 0 Å². The standard InChI is InChI=1S/C18H21BN2O5/c1-18(2)9-25-19(26-10-18)12-3-4-13-11(7-12)8-21(17(13)24)14-5-6-15(22)20-16(14)23/h3-4,7,14H,5-6,8-10H2,1-2H3,(H,20,22,23). The summed E-state index contributed by atoms with van der Waals surface area (Å²) in [6, 6.07) is 4.93. The summed E-state index contributed by atoms with van der Waals surface area (Å²) in [5.41, 5.74) is 2.31. The molecule has 1 aromatic carbocycles. The monoisotopic (exact) mass is 356 g/mol. The number of nitrogens with one attached hydrogen (secondary N) is 1. The van der Waals surface area contributed by atoms with Crippen LogP contribution in [0.1, 0.15) is 42.6 Å². The van der Waals surface area contributed by atoms with Crippen molar-refractivity contribution < 1.29 is 23.7 Å². The highest BCUT2D eigenvalue weighted by atomic mass is 16.6. The highest BCUT2D eigenvalue weighted by Crippen LogP contribution is 2.27. The zero-order chi connectivity index (χ0) is 18.5. The fourth-order valence-corrected chi connectivity index (χ4v) is 3.63. The van der Waals surface area contributed by atoms with Crippen LogP contribution in [0.25, 0.3) is 0 Å². The highest BCUT2D eigenvalue weighted by Gasteiger charge is 2.40. The minimum atomic E-state index is -0.598. The van der Waals surface area contributed by atoms with Crippen LogP contribution in [0.15, 0.2) is 18.2 Å². The molecular formula is C18H21BN2O5. The second-order valence-corrected chi connectivity index (χ2v) is 7.93. The van der Waals surface area contributed by atoms with Crippen LogP contribution in [0.5, 0.6) is 0 Å². The molecular weight excluding hydrogens is 335 g/mol. The second kappa shape index (κ2) is 6.21. The predicted octanol–water partition coefficient (Wildman–Crippen LogP) is 0.216. The van der Waals surface area contributed by atoms with Gasteiger partial charge in [0.1, 0.15) is 6.04 Å². The first kappa shape index (κ1) is 17.2. The third-order valence-corrected chi connectivity index (χ3v) is 5.07. The van der Waals surface area contributed by atoms with Crippen molar-refractivity contribution in [3.8, 4) is 0 Å². The van der Waals surface area contributed by atoms with Crippen molar-refractivity contribution in [3.05, 3.63) is 29.3 Å². The predicted molar refractivity (Wildman–Crippen MR) is 93.6 cm³/mol. The lowest BCUT2D eigenvalue weighted by atomic mass is 9.75. The SMILES string of the molecule is CC1(C)COB(c2ccc3c(c2)CN(C2CCC(=O)NC2=O)C3=O)OC1. The molecule has 1 unspecified atom stereocenters. The molecule has 0 spiro atoms. The van der Waals surface area contributed by atoms with E-state index in [1.807, 2.05) is 12.1 Å². The maximum absolute atomic E-state index is 12.7. The Morgan fingerprint density at radius 2 is 1.92 bits per heavy atom. The van der Waals surface area contributed by atoms with Gasteiger partial charge in [-0.1, -0.05) is 26.0 Å². The molecule has 0 saturated carbocycles. The Morgan fingerprint density at radius 3 is 2.62 bits per heavy atom. The number of hydrogen-bond acceptors (Lipinski definition) is 5. The lowest BCUT2D eigenvalue weighted by molar-refractivity contribution is -0.136. The number of fused-ring (bicyclic) bond motifs is 1. The van der Waals surface area contributed by atoms with E-state index < -0.39 is 19.1 Å². The Hall–Kier alpha value is -2.19. The van der Waals surface area contributed by atoms with Crippen LogP contribution < -0.4 is 10.8 Å². The molecule has 7 nitrogen and oxygen atoms in total. The van der Waals surface area contributed by atoms with E-state index in [0.29, 0.717) is 31.7 Å². The Labute approximate surface area is 152 Å². The van der Waals surface area contributed by atoms with Crippen LogP contribution in [0, 0.1) is 5.41 Å². The topological polar surface area (TPSA) is 84.9 Å². The van der Waals surface area contributed by atoms with Gasteiger partial charge in [-0.25, -0.2) is 0 Å². The molecule has 8 heteroatoms. The van der Waals surface area contributed by atoms with Crippen molar-refractivity contribution in [3.63, 3.8) is 0 Å². The summed E-state index contributed by atoms with van der Waals surface area (Å²) in [6.07, 6.45) is 0.614. The van der Waals surface area contributed by atoms with Gasteiger partial charge in [-0.2, -0.15) is 0 Å². The third kappa shape index (κ3) is 3.03.